The summed E-state index contributed by atoms with van der Waals surface area (Å²) in [7, 11) is 1.73. The molecule has 0 atom stereocenters. The first kappa shape index (κ1) is 16.5. The van der Waals surface area contributed by atoms with Crippen LogP contribution in [0.25, 0.3) is 0 Å². The van der Waals surface area contributed by atoms with Crippen LogP contribution in [-0.2, 0) is 4.74 Å². The summed E-state index contributed by atoms with van der Waals surface area (Å²) in [6.07, 6.45) is 1.02. The summed E-state index contributed by atoms with van der Waals surface area (Å²) in [5.74, 6) is 0.132. The van der Waals surface area contributed by atoms with E-state index in [1.807, 2.05) is 30.0 Å². The van der Waals surface area contributed by atoms with E-state index in [9.17, 15) is 4.79 Å². The van der Waals surface area contributed by atoms with E-state index in [2.05, 4.69) is 20.8 Å². The molecule has 1 aromatic rings. The first-order valence-electron chi connectivity index (χ1n) is 7.38. The van der Waals surface area contributed by atoms with Gasteiger partial charge in [-0.3, -0.25) is 9.69 Å². The Balaban J connectivity index is 1.99. The molecule has 1 saturated heterocycles. The van der Waals surface area contributed by atoms with Crippen molar-refractivity contribution in [1.82, 2.24) is 9.80 Å². The van der Waals surface area contributed by atoms with Crippen LogP contribution in [0.5, 0.6) is 0 Å². The van der Waals surface area contributed by atoms with Gasteiger partial charge in [0, 0.05) is 43.3 Å². The normalized spacial score (nSPS) is 16.8. The topological polar surface area (TPSA) is 32.8 Å². The number of aryl methyl sites for hydroxylation is 1. The number of carbonyl (C=O) groups excluding carboxylic acids is 1. The first-order chi connectivity index (χ1) is 10.1. The molecule has 0 aromatic heterocycles. The lowest BCUT2D eigenvalue weighted by atomic mass is 10.1. The van der Waals surface area contributed by atoms with E-state index in [4.69, 9.17) is 4.74 Å². The second-order valence-electron chi connectivity index (χ2n) is 5.50. The fourth-order valence-electron chi connectivity index (χ4n) is 2.66. The Morgan fingerprint density at radius 3 is 2.76 bits per heavy atom. The Morgan fingerprint density at radius 1 is 1.24 bits per heavy atom. The largest absolute Gasteiger partial charge is 0.383 e. The van der Waals surface area contributed by atoms with Gasteiger partial charge < -0.3 is 9.64 Å². The molecule has 1 aromatic carbocycles. The molecular formula is C16H23BrN2O2. The Bertz CT molecular complexity index is 473. The van der Waals surface area contributed by atoms with Crippen LogP contribution in [0.2, 0.25) is 0 Å². The summed E-state index contributed by atoms with van der Waals surface area (Å²) in [5, 5.41) is 0. The molecular weight excluding hydrogens is 332 g/mol. The predicted octanol–water partition coefficient (Wildman–Crippen LogP) is 2.55. The van der Waals surface area contributed by atoms with Gasteiger partial charge in [-0.1, -0.05) is 15.9 Å². The van der Waals surface area contributed by atoms with Crippen molar-refractivity contribution in [2.45, 2.75) is 13.3 Å². The van der Waals surface area contributed by atoms with Gasteiger partial charge in [-0.15, -0.1) is 0 Å². The van der Waals surface area contributed by atoms with Gasteiger partial charge in [0.25, 0.3) is 5.91 Å². The number of hydrogen-bond donors (Lipinski definition) is 0. The molecule has 1 heterocycles. The lowest BCUT2D eigenvalue weighted by Gasteiger charge is -2.22. The minimum atomic E-state index is 0.132. The van der Waals surface area contributed by atoms with Crippen molar-refractivity contribution < 1.29 is 9.53 Å². The number of amides is 1. The average molecular weight is 355 g/mol. The van der Waals surface area contributed by atoms with Gasteiger partial charge in [0.05, 0.1) is 6.61 Å². The number of hydrogen-bond acceptors (Lipinski definition) is 3. The molecule has 2 rings (SSSR count). The van der Waals surface area contributed by atoms with Crippen molar-refractivity contribution in [3.63, 3.8) is 0 Å². The van der Waals surface area contributed by atoms with Gasteiger partial charge in [0.1, 0.15) is 0 Å². The van der Waals surface area contributed by atoms with Crippen molar-refractivity contribution in [1.29, 1.82) is 0 Å². The standard InChI is InChI=1S/C16H23BrN2O2/c1-13-10-14(12-15(17)11-13)16(20)19-5-3-4-18(6-7-19)8-9-21-2/h10-12H,3-9H2,1-2H3. The van der Waals surface area contributed by atoms with Crippen LogP contribution < -0.4 is 0 Å². The third-order valence-corrected chi connectivity index (χ3v) is 4.23. The zero-order valence-electron chi connectivity index (χ0n) is 12.8. The zero-order chi connectivity index (χ0) is 15.2. The van der Waals surface area contributed by atoms with Crippen LogP contribution >= 0.6 is 15.9 Å². The molecule has 1 aliphatic heterocycles. The molecule has 1 aliphatic rings. The molecule has 0 radical (unpaired) electrons. The van der Waals surface area contributed by atoms with Gasteiger partial charge >= 0.3 is 0 Å². The number of ether oxygens (including phenoxy) is 1. The van der Waals surface area contributed by atoms with E-state index >= 15 is 0 Å². The lowest BCUT2D eigenvalue weighted by Crippen LogP contribution is -2.36. The van der Waals surface area contributed by atoms with Gasteiger partial charge in [-0.25, -0.2) is 0 Å². The maximum Gasteiger partial charge on any atom is 0.253 e. The fraction of sp³-hybridized carbons (Fsp3) is 0.562. The Kier molecular flexibility index (Phi) is 6.21. The Morgan fingerprint density at radius 2 is 2.05 bits per heavy atom. The maximum absolute atomic E-state index is 12.6. The van der Waals surface area contributed by atoms with Crippen LogP contribution in [0.4, 0.5) is 0 Å². The first-order valence-corrected chi connectivity index (χ1v) is 8.17. The highest BCUT2D eigenvalue weighted by molar-refractivity contribution is 9.10. The van der Waals surface area contributed by atoms with E-state index in [0.29, 0.717) is 0 Å². The molecule has 1 fully saturated rings. The molecule has 0 saturated carbocycles. The smallest absolute Gasteiger partial charge is 0.253 e. The lowest BCUT2D eigenvalue weighted by molar-refractivity contribution is 0.0759. The number of nitrogens with zero attached hydrogens (tertiary/aromatic N) is 2. The molecule has 0 unspecified atom stereocenters. The van der Waals surface area contributed by atoms with Gasteiger partial charge in [0.2, 0.25) is 0 Å². The van der Waals surface area contributed by atoms with E-state index in [0.717, 1.165) is 61.4 Å². The minimum Gasteiger partial charge on any atom is -0.383 e. The van der Waals surface area contributed by atoms with Crippen molar-refractivity contribution >= 4 is 21.8 Å². The zero-order valence-corrected chi connectivity index (χ0v) is 14.4. The summed E-state index contributed by atoms with van der Waals surface area (Å²) in [6.45, 7) is 7.26. The second-order valence-corrected chi connectivity index (χ2v) is 6.41. The van der Waals surface area contributed by atoms with E-state index in [-0.39, 0.29) is 5.91 Å². The van der Waals surface area contributed by atoms with Crippen LogP contribution in [0.3, 0.4) is 0 Å². The Hall–Kier alpha value is -0.910. The minimum absolute atomic E-state index is 0.132. The summed E-state index contributed by atoms with van der Waals surface area (Å²) >= 11 is 3.47. The molecule has 116 valence electrons. The van der Waals surface area contributed by atoms with Crippen LogP contribution in [0.15, 0.2) is 22.7 Å². The second kappa shape index (κ2) is 7.92. The van der Waals surface area contributed by atoms with Gasteiger partial charge in [-0.05, 0) is 43.7 Å². The third-order valence-electron chi connectivity index (χ3n) is 3.78. The van der Waals surface area contributed by atoms with Crippen LogP contribution in [-0.4, -0.2) is 62.1 Å². The van der Waals surface area contributed by atoms with E-state index < -0.39 is 0 Å². The van der Waals surface area contributed by atoms with E-state index in [1.54, 1.807) is 7.11 Å². The third kappa shape index (κ3) is 4.80. The van der Waals surface area contributed by atoms with E-state index in [1.165, 1.54) is 0 Å². The average Bonchev–Trinajstić information content (AvgIpc) is 2.68. The molecule has 21 heavy (non-hydrogen) atoms. The number of methoxy groups -OCH3 is 1. The number of carbonyl (C=O) groups is 1. The van der Waals surface area contributed by atoms with Crippen LogP contribution in [0.1, 0.15) is 22.3 Å². The Labute approximate surface area is 135 Å². The number of benzene rings is 1. The summed E-state index contributed by atoms with van der Waals surface area (Å²) in [6, 6.07) is 5.88. The molecule has 0 spiro atoms. The highest BCUT2D eigenvalue weighted by Gasteiger charge is 2.20. The maximum atomic E-state index is 12.6. The number of halogens is 1. The van der Waals surface area contributed by atoms with Crippen molar-refractivity contribution in [3.05, 3.63) is 33.8 Å². The van der Waals surface area contributed by atoms with Gasteiger partial charge in [0.15, 0.2) is 0 Å². The quantitative estimate of drug-likeness (QED) is 0.832. The van der Waals surface area contributed by atoms with Crippen molar-refractivity contribution in [2.24, 2.45) is 0 Å². The predicted molar refractivity (Wildman–Crippen MR) is 87.7 cm³/mol. The molecule has 0 aliphatic carbocycles. The summed E-state index contributed by atoms with van der Waals surface area (Å²) < 4.78 is 6.09. The van der Waals surface area contributed by atoms with Crippen molar-refractivity contribution in [3.8, 4) is 0 Å². The summed E-state index contributed by atoms with van der Waals surface area (Å²) in [5.41, 5.74) is 1.87. The van der Waals surface area contributed by atoms with Crippen molar-refractivity contribution in [2.75, 3.05) is 46.4 Å². The molecule has 0 bridgehead atoms. The highest BCUT2D eigenvalue weighted by Crippen LogP contribution is 2.17. The highest BCUT2D eigenvalue weighted by atomic mass is 79.9. The monoisotopic (exact) mass is 354 g/mol. The van der Waals surface area contributed by atoms with Crippen LogP contribution in [0, 0.1) is 6.92 Å². The SMILES string of the molecule is COCCN1CCCN(C(=O)c2cc(C)cc(Br)c2)CC1. The molecule has 4 nitrogen and oxygen atoms in total. The number of rotatable bonds is 4. The van der Waals surface area contributed by atoms with Gasteiger partial charge in [-0.2, -0.15) is 0 Å². The summed E-state index contributed by atoms with van der Waals surface area (Å²) in [4.78, 5) is 17.0. The fourth-order valence-corrected chi connectivity index (χ4v) is 3.27. The molecule has 5 heteroatoms. The molecule has 1 amide bonds. The molecule has 0 N–H and O–H groups in total.